The van der Waals surface area contributed by atoms with Gasteiger partial charge in [0.2, 0.25) is 0 Å². The maximum atomic E-state index is 9.00. The van der Waals surface area contributed by atoms with Crippen molar-refractivity contribution in [1.82, 2.24) is 0 Å². The molecule has 1 radical (unpaired) electrons. The smallest absolute Gasteiger partial charge is 0.300 e. The van der Waals surface area contributed by atoms with Crippen molar-refractivity contribution in [2.24, 2.45) is 0 Å². The molecule has 6 heteroatoms. The Morgan fingerprint density at radius 2 is 1.25 bits per heavy atom. The van der Waals surface area contributed by atoms with Gasteiger partial charge < -0.3 is 5.11 Å². The number of carboxylic acid groups (broad SMARTS) is 1. The van der Waals surface area contributed by atoms with Crippen LogP contribution in [0.1, 0.15) is 6.92 Å². The number of carboxylic acids is 1. The molecule has 0 unspecified atom stereocenters. The van der Waals surface area contributed by atoms with Gasteiger partial charge in [-0.05, 0) is 0 Å². The van der Waals surface area contributed by atoms with Crippen molar-refractivity contribution in [3.63, 3.8) is 0 Å². The van der Waals surface area contributed by atoms with Crippen molar-refractivity contribution in [2.75, 3.05) is 0 Å². The Bertz CT molecular complexity index is 38.3. The zero-order valence-corrected chi connectivity index (χ0v) is 8.83. The van der Waals surface area contributed by atoms with Gasteiger partial charge in [0.25, 0.3) is 5.97 Å². The predicted molar refractivity (Wildman–Crippen MR) is 35.1 cm³/mol. The normalized spacial score (nSPS) is 3.12. The predicted octanol–water partition coefficient (Wildman–Crippen LogP) is 1.36. The molecule has 0 aliphatic heterocycles. The maximum absolute atomic E-state index is 9.00. The summed E-state index contributed by atoms with van der Waals surface area (Å²) in [6, 6.07) is 0. The second-order valence-electron chi connectivity index (χ2n) is 0.519. The summed E-state index contributed by atoms with van der Waals surface area (Å²) in [4.78, 5) is 9.00. The first-order chi connectivity index (χ1) is 1.73. The summed E-state index contributed by atoms with van der Waals surface area (Å²) in [6.45, 7) is 1.08. The first-order valence-corrected chi connectivity index (χ1v) is 0.928. The molecule has 55 valence electrons. The van der Waals surface area contributed by atoms with E-state index in [4.69, 9.17) is 9.90 Å². The summed E-state index contributed by atoms with van der Waals surface area (Å²) in [5.74, 6) is -0.833. The summed E-state index contributed by atoms with van der Waals surface area (Å²) >= 11 is 0. The summed E-state index contributed by atoms with van der Waals surface area (Å²) in [5, 5.41) is 7.42. The Morgan fingerprint density at radius 3 is 1.25 bits per heavy atom. The minimum absolute atomic E-state index is 0. The quantitative estimate of drug-likeness (QED) is 0.731. The number of halogens is 3. The van der Waals surface area contributed by atoms with Crippen LogP contribution in [0.2, 0.25) is 0 Å². The molecule has 0 fully saturated rings. The van der Waals surface area contributed by atoms with Crippen molar-refractivity contribution >= 4 is 43.2 Å². The van der Waals surface area contributed by atoms with Gasteiger partial charge in [-0.1, -0.05) is 0 Å². The van der Waals surface area contributed by atoms with Crippen LogP contribution in [0.25, 0.3) is 0 Å². The monoisotopic (exact) mass is 321 g/mol. The van der Waals surface area contributed by atoms with Gasteiger partial charge in [-0.25, -0.2) is 0 Å². The summed E-state index contributed by atoms with van der Waals surface area (Å²) in [5.41, 5.74) is 0. The number of aliphatic carboxylic acids is 1. The van der Waals surface area contributed by atoms with E-state index in [1.807, 2.05) is 0 Å². The number of rotatable bonds is 0. The molecule has 1 N–H and O–H groups in total. The fourth-order valence-electron chi connectivity index (χ4n) is 0. The molecule has 0 aromatic carbocycles. The molecule has 0 amide bonds. The van der Waals surface area contributed by atoms with Crippen LogP contribution in [0.5, 0.6) is 0 Å². The Balaban J connectivity index is -0.00000000750. The minimum Gasteiger partial charge on any atom is -0.481 e. The van der Waals surface area contributed by atoms with Crippen molar-refractivity contribution in [2.45, 2.75) is 6.92 Å². The van der Waals surface area contributed by atoms with E-state index < -0.39 is 5.97 Å². The van der Waals surface area contributed by atoms with Gasteiger partial charge in [0.15, 0.2) is 0 Å². The van der Waals surface area contributed by atoms with E-state index in [0.29, 0.717) is 0 Å². The molecule has 0 aliphatic carbocycles. The van der Waals surface area contributed by atoms with Crippen LogP contribution in [-0.4, -0.2) is 11.1 Å². The van der Waals surface area contributed by atoms with Crippen LogP contribution in [0.15, 0.2) is 0 Å². The molecule has 0 saturated heterocycles. The Morgan fingerprint density at radius 1 is 1.25 bits per heavy atom. The van der Waals surface area contributed by atoms with Gasteiger partial charge in [-0.2, -0.15) is 0 Å². The third-order valence-electron chi connectivity index (χ3n) is 0. The van der Waals surface area contributed by atoms with Gasteiger partial charge in [0, 0.05) is 56.3 Å². The van der Waals surface area contributed by atoms with Crippen LogP contribution >= 0.6 is 37.2 Å². The number of hydrogen-bond donors (Lipinski definition) is 1. The Kier molecular flexibility index (Phi) is 94.2. The third kappa shape index (κ3) is 103. The van der Waals surface area contributed by atoms with Crippen LogP contribution in [0.3, 0.4) is 0 Å². The van der Waals surface area contributed by atoms with Gasteiger partial charge in [0.05, 0.1) is 0 Å². The van der Waals surface area contributed by atoms with E-state index in [2.05, 4.69) is 0 Å². The summed E-state index contributed by atoms with van der Waals surface area (Å²) < 4.78 is 0. The molecule has 2 nitrogen and oxygen atoms in total. The molecule has 0 spiro atoms. The Labute approximate surface area is 108 Å². The molecule has 8 heavy (non-hydrogen) atoms. The fraction of sp³-hybridized carbons (Fsp3) is 0.500. The van der Waals surface area contributed by atoms with Gasteiger partial charge in [-0.3, -0.25) is 4.79 Å². The van der Waals surface area contributed by atoms with Crippen molar-refractivity contribution in [1.29, 1.82) is 0 Å². The van der Waals surface area contributed by atoms with Gasteiger partial charge >= 0.3 is 0 Å². The average Bonchev–Trinajstić information content (AvgIpc) is 0.811. The first kappa shape index (κ1) is 32.6. The number of hydrogen-bond acceptors (Lipinski definition) is 1. The van der Waals surface area contributed by atoms with Crippen LogP contribution < -0.4 is 0 Å². The van der Waals surface area contributed by atoms with Crippen LogP contribution in [0.4, 0.5) is 0 Å². The standard InChI is InChI=1S/C2H4O2.3ClH.Eu/c1-2(3)4;;;;/h1H3,(H,3,4);3*1H;. The molecule has 0 aliphatic rings. The molecular formula is C2H7Cl3EuO2. The van der Waals surface area contributed by atoms with E-state index >= 15 is 0 Å². The second kappa shape index (κ2) is 23.1. The van der Waals surface area contributed by atoms with E-state index in [1.165, 1.54) is 0 Å². The van der Waals surface area contributed by atoms with Crippen molar-refractivity contribution < 1.29 is 59.3 Å². The van der Waals surface area contributed by atoms with E-state index in [0.717, 1.165) is 6.92 Å². The maximum Gasteiger partial charge on any atom is 0.300 e. The van der Waals surface area contributed by atoms with E-state index in [-0.39, 0.29) is 86.6 Å². The molecule has 0 rings (SSSR count). The fourth-order valence-corrected chi connectivity index (χ4v) is 0. The van der Waals surface area contributed by atoms with E-state index in [9.17, 15) is 0 Å². The molecular weight excluding hydrogens is 314 g/mol. The SMILES string of the molecule is CC(=O)O.Cl.Cl.Cl.[Eu]. The van der Waals surface area contributed by atoms with Gasteiger partial charge in [0.1, 0.15) is 0 Å². The van der Waals surface area contributed by atoms with Crippen molar-refractivity contribution in [3.8, 4) is 0 Å². The molecule has 0 saturated carbocycles. The topological polar surface area (TPSA) is 37.3 Å². The second-order valence-corrected chi connectivity index (χ2v) is 0.519. The average molecular weight is 321 g/mol. The summed E-state index contributed by atoms with van der Waals surface area (Å²) in [7, 11) is 0. The molecule has 0 aromatic heterocycles. The first-order valence-electron chi connectivity index (χ1n) is 0.928. The molecule has 0 aromatic rings. The third-order valence-corrected chi connectivity index (χ3v) is 0. The zero-order valence-electron chi connectivity index (χ0n) is 3.96. The number of carbonyl (C=O) groups is 1. The molecule has 0 atom stereocenters. The zero-order chi connectivity index (χ0) is 3.58. The summed E-state index contributed by atoms with van der Waals surface area (Å²) in [6.07, 6.45) is 0. The largest absolute Gasteiger partial charge is 0.481 e. The van der Waals surface area contributed by atoms with Crippen molar-refractivity contribution in [3.05, 3.63) is 0 Å². The minimum atomic E-state index is -0.833. The molecule has 0 heterocycles. The Hall–Kier alpha value is 1.92. The van der Waals surface area contributed by atoms with Crippen LogP contribution in [-0.2, 0) is 4.79 Å². The van der Waals surface area contributed by atoms with Gasteiger partial charge in [-0.15, -0.1) is 37.2 Å². The van der Waals surface area contributed by atoms with Crippen LogP contribution in [0, 0.1) is 49.4 Å². The van der Waals surface area contributed by atoms with E-state index in [1.54, 1.807) is 0 Å². The molecule has 0 bridgehead atoms.